The van der Waals surface area contributed by atoms with Crippen molar-refractivity contribution in [3.8, 4) is 5.75 Å². The van der Waals surface area contributed by atoms with Crippen LogP contribution in [0, 0.1) is 0 Å². The van der Waals surface area contributed by atoms with Gasteiger partial charge in [0.25, 0.3) is 0 Å². The molecule has 0 saturated carbocycles. The van der Waals surface area contributed by atoms with Gasteiger partial charge in [0, 0.05) is 143 Å². The summed E-state index contributed by atoms with van der Waals surface area (Å²) < 4.78 is 60.6. The molecule has 0 spiro atoms. The Balaban J connectivity index is 0.000000106. The van der Waals surface area contributed by atoms with Gasteiger partial charge in [-0.2, -0.15) is 0 Å². The number of aromatic nitrogens is 5. The van der Waals surface area contributed by atoms with Gasteiger partial charge in [0.2, 0.25) is 0 Å². The summed E-state index contributed by atoms with van der Waals surface area (Å²) >= 11 is 0. The fourth-order valence-corrected chi connectivity index (χ4v) is 20.3. The Morgan fingerprint density at radius 3 is 1.38 bits per heavy atom. The van der Waals surface area contributed by atoms with Gasteiger partial charge in [-0.05, 0) is 196 Å². The number of hydrogen-bond acceptors (Lipinski definition) is 23. The van der Waals surface area contributed by atoms with E-state index in [1.54, 1.807) is 80.7 Å². The third-order valence-electron chi connectivity index (χ3n) is 24.2. The van der Waals surface area contributed by atoms with Crippen molar-refractivity contribution in [2.45, 2.75) is 122 Å². The van der Waals surface area contributed by atoms with Gasteiger partial charge in [-0.3, -0.25) is 73.4 Å². The molecule has 26 heteroatoms. The molecule has 4 atom stereocenters. The molecule has 0 aliphatic carbocycles. The van der Waals surface area contributed by atoms with Crippen LogP contribution in [0.25, 0.3) is 0 Å². The number of carbonyl (C=O) groups is 4. The van der Waals surface area contributed by atoms with Crippen LogP contribution in [-0.4, -0.2) is 112 Å². The first-order valence-corrected chi connectivity index (χ1v) is 45.7. The van der Waals surface area contributed by atoms with Gasteiger partial charge in [-0.15, -0.1) is 0 Å². The van der Waals surface area contributed by atoms with Gasteiger partial charge in [-0.1, -0.05) is 115 Å². The van der Waals surface area contributed by atoms with Crippen molar-refractivity contribution in [3.05, 3.63) is 413 Å². The molecule has 644 valence electrons. The number of ether oxygens (including phenoxy) is 4. The molecule has 24 nitrogen and oxygen atoms in total. The third-order valence-corrected chi connectivity index (χ3v) is 27.9. The second kappa shape index (κ2) is 37.1. The van der Waals surface area contributed by atoms with E-state index in [0.29, 0.717) is 84.0 Å². The molecule has 10 aliphatic rings. The van der Waals surface area contributed by atoms with Gasteiger partial charge >= 0.3 is 24.0 Å². The minimum Gasteiger partial charge on any atom is -0.466 e. The highest BCUT2D eigenvalue weighted by atomic mass is 32.2. The number of cyclic esters (lactones) is 2. The van der Waals surface area contributed by atoms with Gasteiger partial charge < -0.3 is 18.9 Å². The molecule has 23 rings (SSSR count). The number of esters is 3. The Morgan fingerprint density at radius 2 is 0.877 bits per heavy atom. The number of fused-ring (bicyclic) bond motifs is 10. The lowest BCUT2D eigenvalue weighted by atomic mass is 9.89. The predicted molar refractivity (Wildman–Crippen MR) is 497 cm³/mol. The normalized spacial score (nSPS) is 16.4. The number of nitrogens with zero attached hydrogens (tertiary/aromatic N) is 13. The van der Waals surface area contributed by atoms with Crippen LogP contribution in [0.4, 0.5) is 16.2 Å². The van der Waals surface area contributed by atoms with Crippen LogP contribution in [0.15, 0.2) is 309 Å². The summed E-state index contributed by atoms with van der Waals surface area (Å²) in [5.74, 6) is -0.193. The molecule has 0 radical (unpaired) electrons. The maximum Gasteiger partial charge on any atom is 0.415 e. The van der Waals surface area contributed by atoms with Crippen LogP contribution in [0.3, 0.4) is 0 Å². The first-order valence-electron chi connectivity index (χ1n) is 42.9. The van der Waals surface area contributed by atoms with Gasteiger partial charge in [-0.25, -0.2) is 23.2 Å². The van der Waals surface area contributed by atoms with Crippen LogP contribution in [0.5, 0.6) is 5.75 Å². The van der Waals surface area contributed by atoms with E-state index in [2.05, 4.69) is 86.3 Å². The predicted octanol–water partition coefficient (Wildman–Crippen LogP) is 17.2. The molecule has 13 aromatic rings. The van der Waals surface area contributed by atoms with E-state index >= 15 is 0 Å². The number of aliphatic imine (C=N–C) groups is 7. The Kier molecular flexibility index (Phi) is 24.1. The molecule has 5 aromatic heterocycles. The molecular formula is C104H85N13O11S2. The summed E-state index contributed by atoms with van der Waals surface area (Å²) in [5, 5.41) is 0.306. The van der Waals surface area contributed by atoms with E-state index in [1.807, 2.05) is 183 Å². The molecule has 10 aliphatic heterocycles. The van der Waals surface area contributed by atoms with E-state index in [4.69, 9.17) is 28.9 Å². The molecule has 4 unspecified atom stereocenters. The fourth-order valence-electron chi connectivity index (χ4n) is 17.5. The van der Waals surface area contributed by atoms with Crippen LogP contribution in [0.2, 0.25) is 0 Å². The molecule has 15 heterocycles. The highest BCUT2D eigenvalue weighted by molar-refractivity contribution is 8.06. The second-order valence-corrected chi connectivity index (χ2v) is 36.4. The Labute approximate surface area is 753 Å². The summed E-state index contributed by atoms with van der Waals surface area (Å²) in [6, 6.07) is 69.4. The molecule has 0 saturated heterocycles. The number of benzene rings is 8. The van der Waals surface area contributed by atoms with Crippen LogP contribution < -0.4 is 4.74 Å². The van der Waals surface area contributed by atoms with Crippen LogP contribution >= 0.6 is 0 Å². The number of amides is 1. The van der Waals surface area contributed by atoms with E-state index in [0.717, 1.165) is 173 Å². The van der Waals surface area contributed by atoms with Crippen molar-refractivity contribution >= 4 is 94.7 Å². The summed E-state index contributed by atoms with van der Waals surface area (Å²) in [6.07, 6.45) is 18.3. The van der Waals surface area contributed by atoms with Gasteiger partial charge in [0.05, 0.1) is 126 Å². The first-order chi connectivity index (χ1) is 63.5. The Morgan fingerprint density at radius 1 is 0.454 bits per heavy atom. The van der Waals surface area contributed by atoms with Crippen molar-refractivity contribution in [2.75, 3.05) is 6.61 Å². The van der Waals surface area contributed by atoms with E-state index in [-0.39, 0.29) is 47.1 Å². The third kappa shape index (κ3) is 17.8. The maximum absolute atomic E-state index is 13.2. The van der Waals surface area contributed by atoms with Crippen molar-refractivity contribution in [1.29, 1.82) is 0 Å². The number of rotatable bonds is 14. The van der Waals surface area contributed by atoms with E-state index in [1.165, 1.54) is 11.1 Å². The van der Waals surface area contributed by atoms with E-state index in [9.17, 15) is 31.8 Å². The SMILES string of the molecule is CC(c1ccccc1)S(=O)(=O)C1=Nc2cc3c(cc2C1)CN=C3c1ccncc1.CC(c1ccccc1)S(=O)C1=Nc2cc3c(cc2C1)CN=C3c1ccncc1.CCOC(=O)CC1OC(=O)Cc2cc3c(cc21)C(c1ccncc1)=NC3.O=C1Cc2cc3c(cc2CO1)C(c1ccncc1)=NC3.O=C1Oc2cc3c(cc2CN1Cc1ccccc1)C(c1ccncc1)=NC3. The summed E-state index contributed by atoms with van der Waals surface area (Å²) in [7, 11) is -4.68. The molecule has 0 fully saturated rings. The standard InChI is InChI=1S/C23H19N3O2S.C23H19N3OS.C22H17N3O2.C20H18N2O4.C16H12N2O2/c1-15(16-5-3-2-4-6-16)29(27,28)22-12-18-11-19-14-25-23(17-7-9-24-10-8-17)20(19)13-21(18)26-22;1-15(16-5-3-2-4-6-16)28(27)22-12-18-11-19-14-25-23(17-7-9-24-10-8-17)20(19)13-21(18)26-22;26-22-25(13-15-4-2-1-3-5-15)14-18-10-19-17(11-20(18)27-22)12-24-21(19)16-6-8-23-9-7-16;1-2-25-18(23)10-17-15-9-16-14(7-13(15)8-19(24)26-17)11-22-20(16)12-3-5-21-6-4-12;19-15-7-11-5-12-8-18-16(10-1-3-17-4-2-10)14(12)6-13(11)9-20-15/h2-11,13,15H,12,14H2,1H3;2-11,13,15H,12,14H2,1H3;1-11H,12-14H2;3-7,9,17H,2,8,10-11H2,1H3;1-6H,7-9H2. The first kappa shape index (κ1) is 84.5. The van der Waals surface area contributed by atoms with Crippen LogP contribution in [0.1, 0.15) is 183 Å². The highest BCUT2D eigenvalue weighted by Crippen LogP contribution is 2.42. The van der Waals surface area contributed by atoms with E-state index < -0.39 is 32.0 Å². The lowest BCUT2D eigenvalue weighted by Crippen LogP contribution is -2.36. The van der Waals surface area contributed by atoms with Crippen LogP contribution in [-0.2, 0) is 127 Å². The molecule has 1 amide bonds. The van der Waals surface area contributed by atoms with Crippen molar-refractivity contribution in [3.63, 3.8) is 0 Å². The number of sulfone groups is 1. The lowest BCUT2D eigenvalue weighted by molar-refractivity contribution is -0.156. The van der Waals surface area contributed by atoms with Crippen molar-refractivity contribution < 1.29 is 50.8 Å². The average molecular weight is 1760 g/mol. The number of hydrogen-bond donors (Lipinski definition) is 0. The zero-order valence-corrected chi connectivity index (χ0v) is 72.9. The maximum atomic E-state index is 13.2. The molecule has 8 aromatic carbocycles. The zero-order valence-electron chi connectivity index (χ0n) is 71.2. The quantitative estimate of drug-likeness (QED) is 0.0721. The second-order valence-electron chi connectivity index (χ2n) is 32.4. The monoisotopic (exact) mass is 1760 g/mol. The number of pyridine rings is 5. The minimum absolute atomic E-state index is 0.0209. The average Bonchev–Trinajstić information content (AvgIpc) is 1.32. The summed E-state index contributed by atoms with van der Waals surface area (Å²) in [6.45, 7) is 10.3. The molecular weight excluding hydrogens is 1670 g/mol. The largest absolute Gasteiger partial charge is 0.466 e. The number of carbonyl (C=O) groups excluding carboxylic acids is 4. The van der Waals surface area contributed by atoms with Crippen molar-refractivity contribution in [2.24, 2.45) is 34.9 Å². The minimum atomic E-state index is -3.53. The lowest BCUT2D eigenvalue weighted by Gasteiger charge is -2.28. The Hall–Kier alpha value is -15.0. The van der Waals surface area contributed by atoms with Gasteiger partial charge in [0.15, 0.2) is 9.84 Å². The molecule has 130 heavy (non-hydrogen) atoms. The molecule has 0 N–H and O–H groups in total. The zero-order chi connectivity index (χ0) is 88.9. The van der Waals surface area contributed by atoms with Gasteiger partial charge in [0.1, 0.15) is 28.5 Å². The topological polar surface area (TPSA) is 311 Å². The smallest absolute Gasteiger partial charge is 0.415 e. The summed E-state index contributed by atoms with van der Waals surface area (Å²) in [5.41, 5.74) is 32.7. The summed E-state index contributed by atoms with van der Waals surface area (Å²) in [4.78, 5) is 102. The Bertz CT molecular complexity index is 7030. The molecule has 0 bridgehead atoms. The van der Waals surface area contributed by atoms with Crippen molar-refractivity contribution in [1.82, 2.24) is 29.8 Å². The highest BCUT2D eigenvalue weighted by Gasteiger charge is 2.37. The fraction of sp³-hybridized carbons (Fsp3) is 0.192.